The third kappa shape index (κ3) is 6.35. The van der Waals surface area contributed by atoms with Crippen LogP contribution in [0.25, 0.3) is 0 Å². The summed E-state index contributed by atoms with van der Waals surface area (Å²) >= 11 is 0. The van der Waals surface area contributed by atoms with E-state index in [2.05, 4.69) is 49.9 Å². The first-order chi connectivity index (χ1) is 17.6. The highest BCUT2D eigenvalue weighted by Crippen LogP contribution is 2.34. The second kappa shape index (κ2) is 11.3. The number of aliphatic hydroxyl groups excluding tert-OH is 1. The van der Waals surface area contributed by atoms with Gasteiger partial charge in [-0.1, -0.05) is 32.9 Å². The number of piperazine rings is 1. The summed E-state index contributed by atoms with van der Waals surface area (Å²) in [5.41, 5.74) is 4.20. The van der Waals surface area contributed by atoms with Gasteiger partial charge >= 0.3 is 6.09 Å². The number of hydrogen-bond acceptors (Lipinski definition) is 7. The highest BCUT2D eigenvalue weighted by atomic mass is 16.6. The zero-order valence-electron chi connectivity index (χ0n) is 22.1. The van der Waals surface area contributed by atoms with Crippen LogP contribution in [0.15, 0.2) is 24.3 Å². The van der Waals surface area contributed by atoms with Crippen molar-refractivity contribution in [2.45, 2.75) is 64.1 Å². The molecule has 1 aromatic carbocycles. The third-order valence-corrected chi connectivity index (χ3v) is 7.95. The fourth-order valence-electron chi connectivity index (χ4n) is 5.62. The maximum atomic E-state index is 13.5. The van der Waals surface area contributed by atoms with Crippen molar-refractivity contribution in [1.29, 1.82) is 0 Å². The van der Waals surface area contributed by atoms with Crippen LogP contribution in [0.1, 0.15) is 52.0 Å². The van der Waals surface area contributed by atoms with Crippen molar-refractivity contribution in [1.82, 2.24) is 15.3 Å². The predicted molar refractivity (Wildman–Crippen MR) is 137 cm³/mol. The molecule has 3 amide bonds. The molecule has 0 radical (unpaired) electrons. The van der Waals surface area contributed by atoms with Gasteiger partial charge in [0, 0.05) is 45.0 Å². The summed E-state index contributed by atoms with van der Waals surface area (Å²) in [4.78, 5) is 43.9. The average molecular weight is 517 g/mol. The molecular weight excluding hydrogens is 476 g/mol. The van der Waals surface area contributed by atoms with Crippen molar-refractivity contribution >= 4 is 23.6 Å². The molecule has 4 rings (SSSR count). The molecule has 0 bridgehead atoms. The molecule has 10 nitrogen and oxygen atoms in total. The van der Waals surface area contributed by atoms with E-state index in [1.807, 2.05) is 0 Å². The smallest absolute Gasteiger partial charge is 0.410 e. The standard InChI is InChI=1S/C27H40N4O6/c1-27(2,3)18-4-6-19(7-5-18)29-12-14-30(15-13-29)25(34)22-9-8-21(16-23(22)24(33)28-36)37-26(35)31-11-10-20(32)17-31/h4-7,20-23,32,36H,8-17H2,1-3H3,(H,28,33)/t20-,21+,22+,23+/m1/s1. The van der Waals surface area contributed by atoms with Gasteiger partial charge in [-0.2, -0.15) is 0 Å². The lowest BCUT2D eigenvalue weighted by atomic mass is 9.76. The molecule has 1 aliphatic carbocycles. The Hall–Kier alpha value is -2.85. The fourth-order valence-corrected chi connectivity index (χ4v) is 5.62. The number of carbonyl (C=O) groups is 3. The predicted octanol–water partition coefficient (Wildman–Crippen LogP) is 2.13. The van der Waals surface area contributed by atoms with E-state index < -0.39 is 36.0 Å². The van der Waals surface area contributed by atoms with Gasteiger partial charge in [0.05, 0.1) is 17.9 Å². The van der Waals surface area contributed by atoms with Crippen molar-refractivity contribution in [3.8, 4) is 0 Å². The molecule has 37 heavy (non-hydrogen) atoms. The van der Waals surface area contributed by atoms with Gasteiger partial charge in [0.1, 0.15) is 6.10 Å². The first-order valence-electron chi connectivity index (χ1n) is 13.3. The Bertz CT molecular complexity index is 970. The summed E-state index contributed by atoms with van der Waals surface area (Å²) in [6, 6.07) is 8.57. The summed E-state index contributed by atoms with van der Waals surface area (Å²) in [6.07, 6.45) is -0.0329. The molecule has 0 spiro atoms. The molecule has 0 aromatic heterocycles. The van der Waals surface area contributed by atoms with Crippen LogP contribution in [0.3, 0.4) is 0 Å². The number of benzene rings is 1. The summed E-state index contributed by atoms with van der Waals surface area (Å²) in [5, 5.41) is 19.0. The lowest BCUT2D eigenvalue weighted by molar-refractivity contribution is -0.149. The average Bonchev–Trinajstić information content (AvgIpc) is 3.34. The number of anilines is 1. The third-order valence-electron chi connectivity index (χ3n) is 7.95. The maximum Gasteiger partial charge on any atom is 0.410 e. The molecule has 1 aromatic rings. The number of nitrogens with one attached hydrogen (secondary N) is 1. The van der Waals surface area contributed by atoms with Crippen molar-refractivity contribution in [3.05, 3.63) is 29.8 Å². The normalized spacial score (nSPS) is 26.7. The van der Waals surface area contributed by atoms with Crippen LogP contribution in [-0.4, -0.2) is 89.5 Å². The second-order valence-corrected chi connectivity index (χ2v) is 11.5. The van der Waals surface area contributed by atoms with E-state index in [0.717, 1.165) is 5.69 Å². The number of nitrogens with zero attached hydrogens (tertiary/aromatic N) is 3. The van der Waals surface area contributed by atoms with E-state index >= 15 is 0 Å². The minimum Gasteiger partial charge on any atom is -0.446 e. The minimum atomic E-state index is -0.781. The number of rotatable bonds is 4. The van der Waals surface area contributed by atoms with E-state index in [1.165, 1.54) is 10.5 Å². The van der Waals surface area contributed by atoms with Crippen molar-refractivity contribution < 1.29 is 29.4 Å². The monoisotopic (exact) mass is 516 g/mol. The molecule has 3 N–H and O–H groups in total. The largest absolute Gasteiger partial charge is 0.446 e. The fraction of sp³-hybridized carbons (Fsp3) is 0.667. The van der Waals surface area contributed by atoms with Gasteiger partial charge in [-0.3, -0.25) is 14.8 Å². The maximum absolute atomic E-state index is 13.5. The zero-order valence-corrected chi connectivity index (χ0v) is 22.1. The number of hydroxylamine groups is 1. The van der Waals surface area contributed by atoms with Crippen molar-refractivity contribution in [2.24, 2.45) is 11.8 Å². The number of amides is 3. The summed E-state index contributed by atoms with van der Waals surface area (Å²) in [5.74, 6) is -2.08. The highest BCUT2D eigenvalue weighted by Gasteiger charge is 2.43. The van der Waals surface area contributed by atoms with Crippen LogP contribution in [0.5, 0.6) is 0 Å². The van der Waals surface area contributed by atoms with E-state index in [9.17, 15) is 24.7 Å². The Kier molecular flexibility index (Phi) is 8.28. The molecule has 2 aliphatic heterocycles. The van der Waals surface area contributed by atoms with Crippen LogP contribution in [0.4, 0.5) is 10.5 Å². The van der Waals surface area contributed by atoms with Crippen LogP contribution >= 0.6 is 0 Å². The van der Waals surface area contributed by atoms with Gasteiger partial charge in [0.25, 0.3) is 0 Å². The molecule has 2 saturated heterocycles. The molecule has 204 valence electrons. The Labute approximate surface area is 218 Å². The summed E-state index contributed by atoms with van der Waals surface area (Å²) in [7, 11) is 0. The number of likely N-dealkylation sites (tertiary alicyclic amines) is 1. The van der Waals surface area contributed by atoms with Gasteiger partial charge in [-0.05, 0) is 48.8 Å². The number of aliphatic hydroxyl groups is 1. The number of ether oxygens (including phenoxy) is 1. The minimum absolute atomic E-state index is 0.0923. The van der Waals surface area contributed by atoms with Gasteiger partial charge < -0.3 is 24.5 Å². The second-order valence-electron chi connectivity index (χ2n) is 11.5. The molecule has 3 aliphatic rings. The summed E-state index contributed by atoms with van der Waals surface area (Å²) < 4.78 is 5.60. The van der Waals surface area contributed by atoms with Crippen molar-refractivity contribution in [2.75, 3.05) is 44.2 Å². The molecule has 0 unspecified atom stereocenters. The molecule has 10 heteroatoms. The van der Waals surface area contributed by atoms with Gasteiger partial charge in [0.2, 0.25) is 11.8 Å². The molecule has 1 saturated carbocycles. The van der Waals surface area contributed by atoms with E-state index in [4.69, 9.17) is 4.74 Å². The SMILES string of the molecule is CC(C)(C)c1ccc(N2CCN(C(=O)[C@H]3CC[C@H](OC(=O)N4CC[C@@H](O)C4)C[C@@H]3C(=O)NO)CC2)cc1. The number of hydrogen-bond donors (Lipinski definition) is 3. The summed E-state index contributed by atoms with van der Waals surface area (Å²) in [6.45, 7) is 9.74. The van der Waals surface area contributed by atoms with Gasteiger partial charge in [0.15, 0.2) is 0 Å². The quantitative estimate of drug-likeness (QED) is 0.414. The van der Waals surface area contributed by atoms with Crippen molar-refractivity contribution in [3.63, 3.8) is 0 Å². The highest BCUT2D eigenvalue weighted by molar-refractivity contribution is 5.87. The topological polar surface area (TPSA) is 123 Å². The first kappa shape index (κ1) is 27.2. The van der Waals surface area contributed by atoms with E-state index in [0.29, 0.717) is 52.0 Å². The number of carbonyl (C=O) groups excluding carboxylic acids is 3. The van der Waals surface area contributed by atoms with Crippen LogP contribution in [0, 0.1) is 11.8 Å². The van der Waals surface area contributed by atoms with Crippen LogP contribution in [-0.2, 0) is 19.7 Å². The Morgan fingerprint density at radius 1 is 0.919 bits per heavy atom. The van der Waals surface area contributed by atoms with Gasteiger partial charge in [-0.15, -0.1) is 0 Å². The zero-order chi connectivity index (χ0) is 26.7. The van der Waals surface area contributed by atoms with E-state index in [1.54, 1.807) is 10.4 Å². The molecule has 3 fully saturated rings. The van der Waals surface area contributed by atoms with Gasteiger partial charge in [-0.25, -0.2) is 10.3 Å². The Balaban J connectivity index is 1.33. The first-order valence-corrected chi connectivity index (χ1v) is 13.3. The lowest BCUT2D eigenvalue weighted by Crippen LogP contribution is -2.53. The Morgan fingerprint density at radius 3 is 2.16 bits per heavy atom. The molecule has 2 heterocycles. The van der Waals surface area contributed by atoms with Crippen LogP contribution in [0.2, 0.25) is 0 Å². The molecular formula is C27H40N4O6. The Morgan fingerprint density at radius 2 is 1.59 bits per heavy atom. The molecule has 4 atom stereocenters. The lowest BCUT2D eigenvalue weighted by Gasteiger charge is -2.40. The number of β-amino-alcohol motifs (C(OH)–C–C–N with tert-alkyl or cyclic N) is 1. The van der Waals surface area contributed by atoms with E-state index in [-0.39, 0.29) is 24.3 Å². The van der Waals surface area contributed by atoms with Crippen LogP contribution < -0.4 is 10.4 Å².